The van der Waals surface area contributed by atoms with Crippen molar-refractivity contribution >= 4 is 11.1 Å². The lowest BCUT2D eigenvalue weighted by atomic mass is 9.85. The van der Waals surface area contributed by atoms with Gasteiger partial charge in [0.25, 0.3) is 5.71 Å². The van der Waals surface area contributed by atoms with E-state index in [1.54, 1.807) is 6.20 Å². The van der Waals surface area contributed by atoms with Crippen molar-refractivity contribution in [1.29, 1.82) is 0 Å². The molecule has 0 unspecified atom stereocenters. The molecule has 6 nitrogen and oxygen atoms in total. The number of pyridine rings is 1. The SMILES string of the molecule is Cc1noc2ncc(-c3nnc(C(C)(C)c4ccccc4)o3)cc12. The van der Waals surface area contributed by atoms with E-state index in [1.165, 1.54) is 0 Å². The van der Waals surface area contributed by atoms with Crippen LogP contribution in [-0.4, -0.2) is 20.3 Å². The third-order valence-corrected chi connectivity index (χ3v) is 4.21. The number of rotatable bonds is 3. The molecule has 0 fully saturated rings. The van der Waals surface area contributed by atoms with Gasteiger partial charge in [0.2, 0.25) is 11.8 Å². The fourth-order valence-electron chi connectivity index (χ4n) is 2.63. The van der Waals surface area contributed by atoms with E-state index in [1.807, 2.05) is 31.2 Å². The predicted octanol–water partition coefficient (Wildman–Crippen LogP) is 3.91. The highest BCUT2D eigenvalue weighted by molar-refractivity contribution is 5.79. The first-order chi connectivity index (χ1) is 11.6. The molecule has 24 heavy (non-hydrogen) atoms. The van der Waals surface area contributed by atoms with Crippen molar-refractivity contribution in [3.8, 4) is 11.5 Å². The Kier molecular flexibility index (Phi) is 3.19. The molecule has 4 aromatic rings. The van der Waals surface area contributed by atoms with E-state index in [9.17, 15) is 0 Å². The smallest absolute Gasteiger partial charge is 0.257 e. The largest absolute Gasteiger partial charge is 0.420 e. The van der Waals surface area contributed by atoms with Crippen LogP contribution < -0.4 is 0 Å². The highest BCUT2D eigenvalue weighted by Crippen LogP contribution is 2.32. The Balaban J connectivity index is 1.75. The Hall–Kier alpha value is -3.02. The van der Waals surface area contributed by atoms with Gasteiger partial charge in [-0.3, -0.25) is 0 Å². The molecule has 0 aliphatic heterocycles. The first kappa shape index (κ1) is 14.6. The molecular formula is C18H16N4O2. The van der Waals surface area contributed by atoms with Crippen LogP contribution >= 0.6 is 0 Å². The molecule has 0 saturated carbocycles. The topological polar surface area (TPSA) is 77.8 Å². The maximum Gasteiger partial charge on any atom is 0.257 e. The summed E-state index contributed by atoms with van der Waals surface area (Å²) in [6.07, 6.45) is 1.65. The molecule has 0 spiro atoms. The quantitative estimate of drug-likeness (QED) is 0.569. The zero-order valence-electron chi connectivity index (χ0n) is 13.6. The van der Waals surface area contributed by atoms with Crippen molar-refractivity contribution in [2.45, 2.75) is 26.2 Å². The second-order valence-corrected chi connectivity index (χ2v) is 6.25. The summed E-state index contributed by atoms with van der Waals surface area (Å²) in [6.45, 7) is 5.99. The van der Waals surface area contributed by atoms with Gasteiger partial charge in [0.15, 0.2) is 0 Å². The van der Waals surface area contributed by atoms with Crippen molar-refractivity contribution in [2.75, 3.05) is 0 Å². The summed E-state index contributed by atoms with van der Waals surface area (Å²) in [5.41, 5.74) is 2.77. The van der Waals surface area contributed by atoms with Crippen LogP contribution in [0.15, 0.2) is 51.5 Å². The molecule has 6 heteroatoms. The minimum Gasteiger partial charge on any atom is -0.420 e. The summed E-state index contributed by atoms with van der Waals surface area (Å²) in [6, 6.07) is 12.0. The van der Waals surface area contributed by atoms with Gasteiger partial charge >= 0.3 is 0 Å². The van der Waals surface area contributed by atoms with E-state index in [0.29, 0.717) is 17.5 Å². The van der Waals surface area contributed by atoms with Gasteiger partial charge in [-0.05, 0) is 32.4 Å². The second-order valence-electron chi connectivity index (χ2n) is 6.25. The van der Waals surface area contributed by atoms with Crippen LogP contribution in [0.3, 0.4) is 0 Å². The van der Waals surface area contributed by atoms with E-state index in [4.69, 9.17) is 8.94 Å². The molecule has 0 N–H and O–H groups in total. The molecule has 4 rings (SSSR count). The summed E-state index contributed by atoms with van der Waals surface area (Å²) >= 11 is 0. The number of benzene rings is 1. The molecule has 0 atom stereocenters. The van der Waals surface area contributed by atoms with Crippen LogP contribution in [0.25, 0.3) is 22.6 Å². The summed E-state index contributed by atoms with van der Waals surface area (Å²) < 4.78 is 11.1. The Morgan fingerprint density at radius 3 is 2.62 bits per heavy atom. The summed E-state index contributed by atoms with van der Waals surface area (Å²) in [4.78, 5) is 4.25. The Bertz CT molecular complexity index is 1000. The van der Waals surface area contributed by atoms with Gasteiger partial charge < -0.3 is 8.94 Å². The van der Waals surface area contributed by atoms with Crippen molar-refractivity contribution in [3.63, 3.8) is 0 Å². The molecule has 0 saturated heterocycles. The van der Waals surface area contributed by atoms with Crippen LogP contribution in [0.5, 0.6) is 0 Å². The summed E-state index contributed by atoms with van der Waals surface area (Å²) in [7, 11) is 0. The monoisotopic (exact) mass is 320 g/mol. The van der Waals surface area contributed by atoms with E-state index >= 15 is 0 Å². The average molecular weight is 320 g/mol. The molecule has 120 valence electrons. The predicted molar refractivity (Wildman–Crippen MR) is 88.4 cm³/mol. The van der Waals surface area contributed by atoms with E-state index in [0.717, 1.165) is 22.2 Å². The Morgan fingerprint density at radius 2 is 1.83 bits per heavy atom. The second kappa shape index (κ2) is 5.26. The van der Waals surface area contributed by atoms with Gasteiger partial charge in [-0.15, -0.1) is 10.2 Å². The molecule has 1 aromatic carbocycles. The lowest BCUT2D eigenvalue weighted by molar-refractivity contribution is 0.420. The molecule has 3 heterocycles. The zero-order valence-corrected chi connectivity index (χ0v) is 13.6. The number of hydrogen-bond acceptors (Lipinski definition) is 6. The minimum absolute atomic E-state index is 0.378. The molecule has 0 amide bonds. The lowest BCUT2D eigenvalue weighted by Gasteiger charge is -2.20. The third-order valence-electron chi connectivity index (χ3n) is 4.21. The maximum absolute atomic E-state index is 5.94. The first-order valence-electron chi connectivity index (χ1n) is 7.67. The third kappa shape index (κ3) is 2.27. The van der Waals surface area contributed by atoms with Gasteiger partial charge in [-0.2, -0.15) is 0 Å². The Morgan fingerprint density at radius 1 is 1.04 bits per heavy atom. The summed E-state index contributed by atoms with van der Waals surface area (Å²) in [5, 5.41) is 13.2. The number of aryl methyl sites for hydroxylation is 1. The standard InChI is InChI=1S/C18H16N4O2/c1-11-14-9-12(10-19-16(14)24-22-11)15-20-21-17(23-15)18(2,3)13-7-5-4-6-8-13/h4-10H,1-3H3. The van der Waals surface area contributed by atoms with Crippen LogP contribution in [-0.2, 0) is 5.41 Å². The molecule has 0 aliphatic rings. The Labute approximate surface area is 138 Å². The summed E-state index contributed by atoms with van der Waals surface area (Å²) in [5.74, 6) is 0.995. The minimum atomic E-state index is -0.378. The fourth-order valence-corrected chi connectivity index (χ4v) is 2.63. The van der Waals surface area contributed by atoms with Gasteiger partial charge in [-0.1, -0.05) is 35.5 Å². The number of fused-ring (bicyclic) bond motifs is 1. The van der Waals surface area contributed by atoms with Gasteiger partial charge in [0, 0.05) is 6.20 Å². The van der Waals surface area contributed by atoms with E-state index < -0.39 is 0 Å². The van der Waals surface area contributed by atoms with Crippen molar-refractivity contribution in [1.82, 2.24) is 20.3 Å². The number of hydrogen-bond donors (Lipinski definition) is 0. The maximum atomic E-state index is 5.94. The number of aromatic nitrogens is 4. The van der Waals surface area contributed by atoms with Crippen LogP contribution in [0.4, 0.5) is 0 Å². The van der Waals surface area contributed by atoms with Gasteiger partial charge in [0.1, 0.15) is 0 Å². The zero-order chi connectivity index (χ0) is 16.7. The van der Waals surface area contributed by atoms with Crippen molar-refractivity contribution in [2.24, 2.45) is 0 Å². The van der Waals surface area contributed by atoms with Crippen molar-refractivity contribution < 1.29 is 8.94 Å². The van der Waals surface area contributed by atoms with E-state index in [2.05, 4.69) is 46.3 Å². The highest BCUT2D eigenvalue weighted by atomic mass is 16.5. The highest BCUT2D eigenvalue weighted by Gasteiger charge is 2.29. The molecule has 0 aliphatic carbocycles. The first-order valence-corrected chi connectivity index (χ1v) is 7.67. The van der Waals surface area contributed by atoms with Crippen molar-refractivity contribution in [3.05, 3.63) is 59.7 Å². The average Bonchev–Trinajstić information content (AvgIpc) is 3.23. The van der Waals surface area contributed by atoms with Crippen LogP contribution in [0.1, 0.15) is 31.0 Å². The van der Waals surface area contributed by atoms with Gasteiger partial charge in [0.05, 0.1) is 22.1 Å². The molecule has 3 aromatic heterocycles. The lowest BCUT2D eigenvalue weighted by Crippen LogP contribution is -2.19. The van der Waals surface area contributed by atoms with E-state index in [-0.39, 0.29) is 5.41 Å². The van der Waals surface area contributed by atoms with Gasteiger partial charge in [-0.25, -0.2) is 4.98 Å². The number of nitrogens with zero attached hydrogens (tertiary/aromatic N) is 4. The van der Waals surface area contributed by atoms with Crippen LogP contribution in [0.2, 0.25) is 0 Å². The molecule has 0 radical (unpaired) electrons. The molecule has 0 bridgehead atoms. The molecular weight excluding hydrogens is 304 g/mol. The fraction of sp³-hybridized carbons (Fsp3) is 0.222. The normalized spacial score (nSPS) is 12.0. The van der Waals surface area contributed by atoms with Crippen LogP contribution in [0, 0.1) is 6.92 Å².